The van der Waals surface area contributed by atoms with E-state index in [2.05, 4.69) is 19.1 Å². The predicted molar refractivity (Wildman–Crippen MR) is 52.6 cm³/mol. The number of rotatable bonds is 2. The van der Waals surface area contributed by atoms with Gasteiger partial charge in [-0.1, -0.05) is 37.1 Å². The van der Waals surface area contributed by atoms with Crippen molar-refractivity contribution in [3.8, 4) is 0 Å². The molecule has 0 bridgehead atoms. The quantitative estimate of drug-likeness (QED) is 0.649. The van der Waals surface area contributed by atoms with Crippen LogP contribution in [0, 0.1) is 5.92 Å². The summed E-state index contributed by atoms with van der Waals surface area (Å²) in [4.78, 5) is 0. The van der Waals surface area contributed by atoms with E-state index in [4.69, 9.17) is 11.6 Å². The zero-order valence-electron chi connectivity index (χ0n) is 7.26. The molecule has 0 amide bonds. The minimum atomic E-state index is 0.826. The molecule has 1 heteroatoms. The summed E-state index contributed by atoms with van der Waals surface area (Å²) in [5.41, 5.74) is 1.46. The van der Waals surface area contributed by atoms with Crippen LogP contribution in [0.4, 0.5) is 0 Å². The Labute approximate surface area is 78.6 Å². The highest BCUT2D eigenvalue weighted by molar-refractivity contribution is 6.30. The largest absolute Gasteiger partial charge is 0.0843 e. The standard InChI is InChI=1S/C11H13Cl/c1-2-8-7-11(8)9-3-5-10(12)6-4-9/h3-6,8,11H,2,7H2,1H3/t8-,11-/m1/s1. The van der Waals surface area contributed by atoms with Crippen LogP contribution in [0.5, 0.6) is 0 Å². The molecule has 0 spiro atoms. The molecule has 64 valence electrons. The van der Waals surface area contributed by atoms with E-state index in [0.717, 1.165) is 16.9 Å². The van der Waals surface area contributed by atoms with Crippen LogP contribution in [0.3, 0.4) is 0 Å². The fraction of sp³-hybridized carbons (Fsp3) is 0.455. The summed E-state index contributed by atoms with van der Waals surface area (Å²) in [6, 6.07) is 8.29. The van der Waals surface area contributed by atoms with Gasteiger partial charge in [0.05, 0.1) is 0 Å². The highest BCUT2D eigenvalue weighted by atomic mass is 35.5. The number of benzene rings is 1. The van der Waals surface area contributed by atoms with Gasteiger partial charge < -0.3 is 0 Å². The lowest BCUT2D eigenvalue weighted by Crippen LogP contribution is -1.81. The van der Waals surface area contributed by atoms with E-state index in [9.17, 15) is 0 Å². The Morgan fingerprint density at radius 1 is 1.33 bits per heavy atom. The van der Waals surface area contributed by atoms with Crippen LogP contribution in [-0.2, 0) is 0 Å². The summed E-state index contributed by atoms with van der Waals surface area (Å²) in [6.07, 6.45) is 2.69. The summed E-state index contributed by atoms with van der Waals surface area (Å²) in [5, 5.41) is 0.840. The number of hydrogen-bond donors (Lipinski definition) is 0. The molecule has 1 aliphatic carbocycles. The van der Waals surface area contributed by atoms with Gasteiger partial charge >= 0.3 is 0 Å². The van der Waals surface area contributed by atoms with Crippen molar-refractivity contribution in [3.63, 3.8) is 0 Å². The average molecular weight is 181 g/mol. The number of halogens is 1. The van der Waals surface area contributed by atoms with Crippen LogP contribution >= 0.6 is 11.6 Å². The lowest BCUT2D eigenvalue weighted by atomic mass is 10.1. The Bertz CT molecular complexity index is 263. The van der Waals surface area contributed by atoms with Crippen molar-refractivity contribution >= 4 is 11.6 Å². The zero-order chi connectivity index (χ0) is 8.55. The maximum absolute atomic E-state index is 5.81. The molecule has 0 heterocycles. The molecular weight excluding hydrogens is 168 g/mol. The molecule has 0 N–H and O–H groups in total. The van der Waals surface area contributed by atoms with E-state index >= 15 is 0 Å². The van der Waals surface area contributed by atoms with Crippen molar-refractivity contribution in [2.45, 2.75) is 25.7 Å². The molecule has 1 aliphatic rings. The molecule has 0 saturated heterocycles. The molecular formula is C11H13Cl. The van der Waals surface area contributed by atoms with E-state index < -0.39 is 0 Å². The van der Waals surface area contributed by atoms with Crippen LogP contribution in [-0.4, -0.2) is 0 Å². The van der Waals surface area contributed by atoms with Crippen molar-refractivity contribution in [1.29, 1.82) is 0 Å². The maximum Gasteiger partial charge on any atom is 0.0406 e. The molecule has 0 radical (unpaired) electrons. The molecule has 0 unspecified atom stereocenters. The molecule has 2 rings (SSSR count). The van der Waals surface area contributed by atoms with Crippen molar-refractivity contribution in [3.05, 3.63) is 34.9 Å². The van der Waals surface area contributed by atoms with E-state index in [0.29, 0.717) is 0 Å². The summed E-state index contributed by atoms with van der Waals surface area (Å²) >= 11 is 5.81. The third-order valence-electron chi connectivity index (χ3n) is 2.75. The smallest absolute Gasteiger partial charge is 0.0406 e. The van der Waals surface area contributed by atoms with E-state index in [1.807, 2.05) is 12.1 Å². The highest BCUT2D eigenvalue weighted by Gasteiger charge is 2.36. The Kier molecular flexibility index (Phi) is 2.10. The molecule has 1 saturated carbocycles. The molecule has 1 fully saturated rings. The summed E-state index contributed by atoms with van der Waals surface area (Å²) in [7, 11) is 0. The number of hydrogen-bond acceptors (Lipinski definition) is 0. The van der Waals surface area contributed by atoms with Gasteiger partial charge in [0.15, 0.2) is 0 Å². The molecule has 0 nitrogen and oxygen atoms in total. The van der Waals surface area contributed by atoms with Gasteiger partial charge in [-0.3, -0.25) is 0 Å². The second kappa shape index (κ2) is 3.10. The fourth-order valence-corrected chi connectivity index (χ4v) is 1.94. The van der Waals surface area contributed by atoms with E-state index in [1.54, 1.807) is 0 Å². The van der Waals surface area contributed by atoms with Crippen LogP contribution in [0.15, 0.2) is 24.3 Å². The average Bonchev–Trinajstić information content (AvgIpc) is 2.85. The van der Waals surface area contributed by atoms with Gasteiger partial charge in [0.1, 0.15) is 0 Å². The predicted octanol–water partition coefficient (Wildman–Crippen LogP) is 3.85. The zero-order valence-corrected chi connectivity index (χ0v) is 8.01. The van der Waals surface area contributed by atoms with E-state index in [-0.39, 0.29) is 0 Å². The fourth-order valence-electron chi connectivity index (χ4n) is 1.82. The van der Waals surface area contributed by atoms with Gasteiger partial charge in [0.25, 0.3) is 0 Å². The normalized spacial score (nSPS) is 27.2. The van der Waals surface area contributed by atoms with Gasteiger partial charge in [-0.25, -0.2) is 0 Å². The Morgan fingerprint density at radius 3 is 2.50 bits per heavy atom. The summed E-state index contributed by atoms with van der Waals surface area (Å²) in [5.74, 6) is 1.76. The SMILES string of the molecule is CC[C@@H]1C[C@H]1c1ccc(Cl)cc1. The Balaban J connectivity index is 2.10. The molecule has 12 heavy (non-hydrogen) atoms. The monoisotopic (exact) mass is 180 g/mol. The highest BCUT2D eigenvalue weighted by Crippen LogP contribution is 2.49. The van der Waals surface area contributed by atoms with Gasteiger partial charge in [-0.2, -0.15) is 0 Å². The van der Waals surface area contributed by atoms with Crippen molar-refractivity contribution in [2.24, 2.45) is 5.92 Å². The molecule has 0 aliphatic heterocycles. The molecule has 2 atom stereocenters. The van der Waals surface area contributed by atoms with Crippen LogP contribution in [0.2, 0.25) is 5.02 Å². The van der Waals surface area contributed by atoms with Gasteiger partial charge in [-0.05, 0) is 36.0 Å². The van der Waals surface area contributed by atoms with E-state index in [1.165, 1.54) is 18.4 Å². The maximum atomic E-state index is 5.81. The third-order valence-corrected chi connectivity index (χ3v) is 3.00. The van der Waals surface area contributed by atoms with Crippen molar-refractivity contribution in [1.82, 2.24) is 0 Å². The van der Waals surface area contributed by atoms with Gasteiger partial charge in [-0.15, -0.1) is 0 Å². The summed E-state index contributed by atoms with van der Waals surface area (Å²) < 4.78 is 0. The second-order valence-corrected chi connectivity index (χ2v) is 4.00. The first-order chi connectivity index (χ1) is 5.81. The van der Waals surface area contributed by atoms with Crippen molar-refractivity contribution < 1.29 is 0 Å². The Morgan fingerprint density at radius 2 is 2.00 bits per heavy atom. The van der Waals surface area contributed by atoms with Crippen LogP contribution in [0.1, 0.15) is 31.2 Å². The van der Waals surface area contributed by atoms with Crippen molar-refractivity contribution in [2.75, 3.05) is 0 Å². The Hall–Kier alpha value is -0.490. The molecule has 0 aromatic heterocycles. The van der Waals surface area contributed by atoms with Gasteiger partial charge in [0, 0.05) is 5.02 Å². The van der Waals surface area contributed by atoms with Crippen LogP contribution < -0.4 is 0 Å². The lowest BCUT2D eigenvalue weighted by molar-refractivity contribution is 0.766. The first kappa shape index (κ1) is 8.12. The topological polar surface area (TPSA) is 0 Å². The third kappa shape index (κ3) is 1.49. The molecule has 1 aromatic carbocycles. The first-order valence-electron chi connectivity index (χ1n) is 4.56. The first-order valence-corrected chi connectivity index (χ1v) is 4.94. The second-order valence-electron chi connectivity index (χ2n) is 3.56. The minimum absolute atomic E-state index is 0.826. The lowest BCUT2D eigenvalue weighted by Gasteiger charge is -1.98. The van der Waals surface area contributed by atoms with Gasteiger partial charge in [0.2, 0.25) is 0 Å². The molecule has 1 aromatic rings. The van der Waals surface area contributed by atoms with Crippen LogP contribution in [0.25, 0.3) is 0 Å². The minimum Gasteiger partial charge on any atom is -0.0843 e. The summed E-state index contributed by atoms with van der Waals surface area (Å²) in [6.45, 7) is 2.26.